The van der Waals surface area contributed by atoms with Crippen molar-refractivity contribution in [1.29, 1.82) is 0 Å². The molecule has 2 rings (SSSR count). The van der Waals surface area contributed by atoms with Crippen molar-refractivity contribution in [3.63, 3.8) is 0 Å². The highest BCUT2D eigenvalue weighted by Gasteiger charge is 2.15. The highest BCUT2D eigenvalue weighted by atomic mass is 79.9. The predicted octanol–water partition coefficient (Wildman–Crippen LogP) is 3.66. The van der Waals surface area contributed by atoms with Gasteiger partial charge in [0.25, 0.3) is 5.91 Å². The second-order valence-corrected chi connectivity index (χ2v) is 5.40. The second kappa shape index (κ2) is 6.05. The summed E-state index contributed by atoms with van der Waals surface area (Å²) in [5, 5.41) is 2.75. The Morgan fingerprint density at radius 1 is 1.25 bits per heavy atom. The van der Waals surface area contributed by atoms with Crippen molar-refractivity contribution in [3.05, 3.63) is 63.9 Å². The van der Waals surface area contributed by atoms with Crippen LogP contribution in [0.25, 0.3) is 0 Å². The molecule has 104 valence electrons. The van der Waals surface area contributed by atoms with Gasteiger partial charge in [-0.1, -0.05) is 28.1 Å². The highest BCUT2D eigenvalue weighted by Crippen LogP contribution is 2.18. The van der Waals surface area contributed by atoms with Crippen LogP contribution in [0.2, 0.25) is 0 Å². The molecule has 2 aromatic carbocycles. The Bertz CT molecular complexity index is 628. The third kappa shape index (κ3) is 3.36. The number of rotatable bonds is 3. The van der Waals surface area contributed by atoms with E-state index in [0.29, 0.717) is 5.69 Å². The van der Waals surface area contributed by atoms with E-state index in [4.69, 9.17) is 5.73 Å². The summed E-state index contributed by atoms with van der Waals surface area (Å²) in [5.41, 5.74) is 6.82. The molecule has 0 bridgehead atoms. The molecule has 0 saturated heterocycles. The summed E-state index contributed by atoms with van der Waals surface area (Å²) in [7, 11) is 0. The summed E-state index contributed by atoms with van der Waals surface area (Å²) in [5.74, 6) is -1.06. The molecule has 0 spiro atoms. The van der Waals surface area contributed by atoms with Gasteiger partial charge in [0.05, 0.1) is 11.6 Å². The Hall–Kier alpha value is -1.88. The lowest BCUT2D eigenvalue weighted by atomic mass is 10.1. The fourth-order valence-corrected chi connectivity index (χ4v) is 2.09. The summed E-state index contributed by atoms with van der Waals surface area (Å²) >= 11 is 3.35. The Kier molecular flexibility index (Phi) is 4.39. The second-order valence-electron chi connectivity index (χ2n) is 4.49. The molecule has 1 amide bonds. The number of carbonyl (C=O) groups excluding carboxylic acids is 1. The van der Waals surface area contributed by atoms with Crippen LogP contribution < -0.4 is 11.1 Å². The fourth-order valence-electron chi connectivity index (χ4n) is 1.83. The number of amides is 1. The van der Waals surface area contributed by atoms with Crippen LogP contribution in [0.5, 0.6) is 0 Å². The number of hydrogen-bond acceptors (Lipinski definition) is 2. The van der Waals surface area contributed by atoms with Crippen LogP contribution in [0, 0.1) is 5.82 Å². The molecule has 3 N–H and O–H groups in total. The van der Waals surface area contributed by atoms with Crippen LogP contribution in [0.1, 0.15) is 28.9 Å². The molecule has 0 aliphatic carbocycles. The third-order valence-corrected chi connectivity index (χ3v) is 3.48. The molecule has 0 aliphatic rings. The van der Waals surface area contributed by atoms with Gasteiger partial charge >= 0.3 is 0 Å². The van der Waals surface area contributed by atoms with Crippen LogP contribution in [-0.2, 0) is 0 Å². The van der Waals surface area contributed by atoms with Crippen LogP contribution in [-0.4, -0.2) is 5.91 Å². The van der Waals surface area contributed by atoms with E-state index >= 15 is 0 Å². The van der Waals surface area contributed by atoms with Crippen LogP contribution in [0.4, 0.5) is 10.1 Å². The Balaban J connectivity index is 2.15. The molecule has 2 aromatic rings. The van der Waals surface area contributed by atoms with Gasteiger partial charge in [-0.15, -0.1) is 0 Å². The lowest BCUT2D eigenvalue weighted by molar-refractivity contribution is 0.0936. The van der Waals surface area contributed by atoms with Gasteiger partial charge in [0.15, 0.2) is 0 Å². The van der Waals surface area contributed by atoms with E-state index in [1.807, 2.05) is 31.2 Å². The molecule has 0 radical (unpaired) electrons. The summed E-state index contributed by atoms with van der Waals surface area (Å²) in [6.07, 6.45) is 0. The zero-order valence-corrected chi connectivity index (χ0v) is 12.4. The first-order chi connectivity index (χ1) is 9.47. The molecule has 0 unspecified atom stereocenters. The van der Waals surface area contributed by atoms with E-state index in [0.717, 1.165) is 10.0 Å². The van der Waals surface area contributed by atoms with Crippen LogP contribution >= 0.6 is 15.9 Å². The zero-order valence-electron chi connectivity index (χ0n) is 10.9. The molecule has 3 nitrogen and oxygen atoms in total. The van der Waals surface area contributed by atoms with Crippen molar-refractivity contribution < 1.29 is 9.18 Å². The molecule has 20 heavy (non-hydrogen) atoms. The number of hydrogen-bond donors (Lipinski definition) is 2. The Labute approximate surface area is 125 Å². The molecule has 0 aromatic heterocycles. The van der Waals surface area contributed by atoms with E-state index in [-0.39, 0.29) is 11.6 Å². The normalized spacial score (nSPS) is 11.9. The molecule has 0 aliphatic heterocycles. The third-order valence-electron chi connectivity index (χ3n) is 2.95. The topological polar surface area (TPSA) is 55.1 Å². The van der Waals surface area contributed by atoms with Crippen molar-refractivity contribution in [2.75, 3.05) is 5.73 Å². The number of nitrogens with one attached hydrogen (secondary N) is 1. The Morgan fingerprint density at radius 3 is 2.55 bits per heavy atom. The maximum absolute atomic E-state index is 13.6. The first-order valence-corrected chi connectivity index (χ1v) is 6.88. The highest BCUT2D eigenvalue weighted by molar-refractivity contribution is 9.10. The summed E-state index contributed by atoms with van der Waals surface area (Å²) in [4.78, 5) is 12.1. The van der Waals surface area contributed by atoms with E-state index in [2.05, 4.69) is 21.2 Å². The number of benzene rings is 2. The summed E-state index contributed by atoms with van der Waals surface area (Å²) in [6.45, 7) is 1.84. The average Bonchev–Trinajstić information content (AvgIpc) is 2.42. The van der Waals surface area contributed by atoms with Gasteiger partial charge in [-0.25, -0.2) is 4.39 Å². The zero-order chi connectivity index (χ0) is 14.7. The Morgan fingerprint density at radius 2 is 1.90 bits per heavy atom. The standard InChI is InChI=1S/C15H14BrFN2O/c1-9(10-2-4-11(16)5-3-10)19-15(20)13-8-12(18)6-7-14(13)17/h2-9H,18H2,1H3,(H,19,20)/t9-/m1/s1. The predicted molar refractivity (Wildman–Crippen MR) is 80.8 cm³/mol. The largest absolute Gasteiger partial charge is 0.399 e. The molecular weight excluding hydrogens is 323 g/mol. The van der Waals surface area contributed by atoms with E-state index < -0.39 is 11.7 Å². The molecule has 0 saturated carbocycles. The van der Waals surface area contributed by atoms with Crippen LogP contribution in [0.15, 0.2) is 46.9 Å². The van der Waals surface area contributed by atoms with Crippen molar-refractivity contribution in [2.45, 2.75) is 13.0 Å². The van der Waals surface area contributed by atoms with Gasteiger partial charge in [-0.2, -0.15) is 0 Å². The fraction of sp³-hybridized carbons (Fsp3) is 0.133. The number of anilines is 1. The van der Waals surface area contributed by atoms with Gasteiger partial charge in [-0.05, 0) is 42.8 Å². The van der Waals surface area contributed by atoms with E-state index in [1.54, 1.807) is 0 Å². The van der Waals surface area contributed by atoms with Crippen molar-refractivity contribution in [1.82, 2.24) is 5.32 Å². The van der Waals surface area contributed by atoms with Gasteiger partial charge in [0.2, 0.25) is 0 Å². The molecule has 0 fully saturated rings. The number of carbonyl (C=O) groups is 1. The first kappa shape index (κ1) is 14.5. The monoisotopic (exact) mass is 336 g/mol. The van der Waals surface area contributed by atoms with Gasteiger partial charge in [0, 0.05) is 10.2 Å². The molecule has 5 heteroatoms. The maximum atomic E-state index is 13.6. The van der Waals surface area contributed by atoms with E-state index in [9.17, 15) is 9.18 Å². The minimum absolute atomic E-state index is 0.0473. The average molecular weight is 337 g/mol. The first-order valence-electron chi connectivity index (χ1n) is 6.08. The van der Waals surface area contributed by atoms with Crippen LogP contribution in [0.3, 0.4) is 0 Å². The van der Waals surface area contributed by atoms with Crippen molar-refractivity contribution in [2.24, 2.45) is 0 Å². The molecular formula is C15H14BrFN2O. The number of nitrogens with two attached hydrogens (primary N) is 1. The van der Waals surface area contributed by atoms with Crippen molar-refractivity contribution >= 4 is 27.5 Å². The number of nitrogen functional groups attached to an aromatic ring is 1. The van der Waals surface area contributed by atoms with Crippen molar-refractivity contribution in [3.8, 4) is 0 Å². The quantitative estimate of drug-likeness (QED) is 0.840. The van der Waals surface area contributed by atoms with E-state index in [1.165, 1.54) is 18.2 Å². The van der Waals surface area contributed by atoms with Gasteiger partial charge < -0.3 is 11.1 Å². The molecule has 1 atom stereocenters. The minimum Gasteiger partial charge on any atom is -0.399 e. The van der Waals surface area contributed by atoms with Gasteiger partial charge in [0.1, 0.15) is 5.82 Å². The lowest BCUT2D eigenvalue weighted by Crippen LogP contribution is -2.27. The van der Waals surface area contributed by atoms with Gasteiger partial charge in [-0.3, -0.25) is 4.79 Å². The minimum atomic E-state index is -0.584. The summed E-state index contributed by atoms with van der Waals surface area (Å²) < 4.78 is 14.6. The smallest absolute Gasteiger partial charge is 0.254 e. The number of halogens is 2. The summed E-state index contributed by atoms with van der Waals surface area (Å²) in [6, 6.07) is 11.3. The SMILES string of the molecule is C[C@@H](NC(=O)c1cc(N)ccc1F)c1ccc(Br)cc1. The molecule has 0 heterocycles. The maximum Gasteiger partial charge on any atom is 0.254 e. The lowest BCUT2D eigenvalue weighted by Gasteiger charge is -2.15.